The number of benzene rings is 2. The van der Waals surface area contributed by atoms with Crippen LogP contribution >= 0.6 is 11.5 Å². The molecule has 5 nitrogen and oxygen atoms in total. The summed E-state index contributed by atoms with van der Waals surface area (Å²) in [4.78, 5) is 13.4. The molecule has 1 aliphatic heterocycles. The first kappa shape index (κ1) is 17.5. The molecule has 0 spiro atoms. The quantitative estimate of drug-likeness (QED) is 0.722. The summed E-state index contributed by atoms with van der Waals surface area (Å²) in [6.45, 7) is 0. The van der Waals surface area contributed by atoms with Gasteiger partial charge in [-0.2, -0.15) is 4.37 Å². The Morgan fingerprint density at radius 1 is 1.15 bits per heavy atom. The van der Waals surface area contributed by atoms with Crippen molar-refractivity contribution in [2.24, 2.45) is 0 Å². The highest BCUT2D eigenvalue weighted by atomic mass is 32.1. The van der Waals surface area contributed by atoms with Crippen molar-refractivity contribution < 1.29 is 18.7 Å². The van der Waals surface area contributed by atoms with Gasteiger partial charge >= 0.3 is 0 Å². The molecule has 2 aromatic carbocycles. The summed E-state index contributed by atoms with van der Waals surface area (Å²) in [6.07, 6.45) is 0.293. The third kappa shape index (κ3) is 3.04. The van der Waals surface area contributed by atoms with Gasteiger partial charge in [-0.15, -0.1) is 0 Å². The van der Waals surface area contributed by atoms with E-state index in [1.807, 2.05) is 18.2 Å². The molecular formula is C20H17FN2O3S. The van der Waals surface area contributed by atoms with E-state index in [1.165, 1.54) is 23.7 Å². The number of rotatable bonds is 4. The maximum absolute atomic E-state index is 13.3. The second-order valence-electron chi connectivity index (χ2n) is 6.16. The van der Waals surface area contributed by atoms with E-state index in [-0.39, 0.29) is 17.6 Å². The Morgan fingerprint density at radius 3 is 2.63 bits per heavy atom. The van der Waals surface area contributed by atoms with Crippen LogP contribution < -0.4 is 14.8 Å². The number of fused-ring (bicyclic) bond motifs is 1. The Labute approximate surface area is 159 Å². The molecule has 1 aliphatic rings. The number of anilines is 1. The fourth-order valence-corrected chi connectivity index (χ4v) is 4.34. The maximum Gasteiger partial charge on any atom is 0.225 e. The van der Waals surface area contributed by atoms with E-state index >= 15 is 0 Å². The minimum Gasteiger partial charge on any atom is -0.493 e. The van der Waals surface area contributed by atoms with Gasteiger partial charge < -0.3 is 14.8 Å². The zero-order chi connectivity index (χ0) is 19.0. The Hall–Kier alpha value is -2.93. The molecule has 1 amide bonds. The van der Waals surface area contributed by atoms with Gasteiger partial charge in [0.2, 0.25) is 5.91 Å². The molecule has 0 fully saturated rings. The standard InChI is InChI=1S/C20H17FN2O3S/c1-25-15-5-3-4-13(19(15)26-2)14-10-16(24)22-18-17(23-27-20(14)18)11-6-8-12(21)9-7-11/h3-9,14H,10H2,1-2H3,(H,22,24)/t14-/m0/s1. The fourth-order valence-electron chi connectivity index (χ4n) is 3.37. The predicted octanol–water partition coefficient (Wildman–Crippen LogP) is 4.44. The summed E-state index contributed by atoms with van der Waals surface area (Å²) in [7, 11) is 3.17. The third-order valence-corrected chi connectivity index (χ3v) is 5.57. The summed E-state index contributed by atoms with van der Waals surface area (Å²) in [5.41, 5.74) is 2.96. The van der Waals surface area contributed by atoms with Crippen molar-refractivity contribution in [3.63, 3.8) is 0 Å². The molecular weight excluding hydrogens is 367 g/mol. The van der Waals surface area contributed by atoms with Crippen LogP contribution in [0.4, 0.5) is 10.1 Å². The van der Waals surface area contributed by atoms with E-state index in [4.69, 9.17) is 9.47 Å². The summed E-state index contributed by atoms with van der Waals surface area (Å²) in [6, 6.07) is 11.7. The minimum absolute atomic E-state index is 0.0964. The van der Waals surface area contributed by atoms with Gasteiger partial charge in [-0.1, -0.05) is 12.1 Å². The van der Waals surface area contributed by atoms with Crippen LogP contribution in [0.1, 0.15) is 22.8 Å². The molecule has 0 unspecified atom stereocenters. The lowest BCUT2D eigenvalue weighted by Crippen LogP contribution is -2.22. The normalized spacial score (nSPS) is 15.8. The van der Waals surface area contributed by atoms with E-state index in [9.17, 15) is 9.18 Å². The molecule has 0 aliphatic carbocycles. The summed E-state index contributed by atoms with van der Waals surface area (Å²) < 4.78 is 28.7. The number of ether oxygens (including phenoxy) is 2. The SMILES string of the molecule is COc1cccc([C@@H]2CC(=O)Nc3c(-c4ccc(F)cc4)nsc32)c1OC. The van der Waals surface area contributed by atoms with E-state index in [0.717, 1.165) is 16.0 Å². The predicted molar refractivity (Wildman–Crippen MR) is 102 cm³/mol. The first-order valence-corrected chi connectivity index (χ1v) is 9.16. The molecule has 0 radical (unpaired) electrons. The molecule has 0 saturated heterocycles. The Kier molecular flexibility index (Phi) is 4.53. The van der Waals surface area contributed by atoms with Crippen molar-refractivity contribution in [2.45, 2.75) is 12.3 Å². The molecule has 3 aromatic rings. The fraction of sp³-hybridized carbons (Fsp3) is 0.200. The van der Waals surface area contributed by atoms with Crippen molar-refractivity contribution in [3.05, 3.63) is 58.7 Å². The van der Waals surface area contributed by atoms with Gasteiger partial charge in [-0.25, -0.2) is 4.39 Å². The zero-order valence-corrected chi connectivity index (χ0v) is 15.6. The van der Waals surface area contributed by atoms with Crippen LogP contribution in [0.3, 0.4) is 0 Å². The first-order chi connectivity index (χ1) is 13.1. The Bertz CT molecular complexity index is 1000. The van der Waals surface area contributed by atoms with Crippen LogP contribution in [0.25, 0.3) is 11.3 Å². The molecule has 1 aromatic heterocycles. The highest BCUT2D eigenvalue weighted by Crippen LogP contribution is 2.48. The van der Waals surface area contributed by atoms with Gasteiger partial charge in [-0.05, 0) is 41.9 Å². The molecule has 27 heavy (non-hydrogen) atoms. The number of methoxy groups -OCH3 is 2. The van der Waals surface area contributed by atoms with Crippen LogP contribution in [-0.4, -0.2) is 24.5 Å². The van der Waals surface area contributed by atoms with Gasteiger partial charge in [0.05, 0.1) is 24.8 Å². The monoisotopic (exact) mass is 384 g/mol. The van der Waals surface area contributed by atoms with E-state index < -0.39 is 0 Å². The highest BCUT2D eigenvalue weighted by molar-refractivity contribution is 7.07. The summed E-state index contributed by atoms with van der Waals surface area (Å²) in [5.74, 6) is 0.630. The second kappa shape index (κ2) is 7.00. The van der Waals surface area contributed by atoms with Crippen molar-refractivity contribution in [1.82, 2.24) is 4.37 Å². The van der Waals surface area contributed by atoms with Crippen molar-refractivity contribution in [3.8, 4) is 22.8 Å². The number of hydrogen-bond acceptors (Lipinski definition) is 5. The average molecular weight is 384 g/mol. The molecule has 7 heteroatoms. The first-order valence-electron chi connectivity index (χ1n) is 8.38. The molecule has 4 rings (SSSR count). The lowest BCUT2D eigenvalue weighted by atomic mass is 9.88. The zero-order valence-electron chi connectivity index (χ0n) is 14.8. The Balaban J connectivity index is 1.84. The Morgan fingerprint density at radius 2 is 1.93 bits per heavy atom. The number of nitrogens with one attached hydrogen (secondary N) is 1. The third-order valence-electron chi connectivity index (χ3n) is 4.62. The van der Waals surface area contributed by atoms with Crippen molar-refractivity contribution >= 4 is 23.1 Å². The number of carbonyl (C=O) groups excluding carboxylic acids is 1. The van der Waals surface area contributed by atoms with Crippen molar-refractivity contribution in [1.29, 1.82) is 0 Å². The van der Waals surface area contributed by atoms with Gasteiger partial charge in [-0.3, -0.25) is 4.79 Å². The number of hydrogen-bond donors (Lipinski definition) is 1. The second-order valence-corrected chi connectivity index (χ2v) is 6.97. The number of carbonyl (C=O) groups is 1. The van der Waals surface area contributed by atoms with Crippen LogP contribution in [0.2, 0.25) is 0 Å². The van der Waals surface area contributed by atoms with Gasteiger partial charge in [0, 0.05) is 23.5 Å². The van der Waals surface area contributed by atoms with Gasteiger partial charge in [0.15, 0.2) is 11.5 Å². The minimum atomic E-state index is -0.314. The van der Waals surface area contributed by atoms with Crippen LogP contribution in [-0.2, 0) is 4.79 Å². The van der Waals surface area contributed by atoms with Crippen LogP contribution in [0.5, 0.6) is 11.5 Å². The summed E-state index contributed by atoms with van der Waals surface area (Å²) >= 11 is 1.33. The lowest BCUT2D eigenvalue weighted by molar-refractivity contribution is -0.116. The highest BCUT2D eigenvalue weighted by Gasteiger charge is 2.33. The smallest absolute Gasteiger partial charge is 0.225 e. The van der Waals surface area contributed by atoms with Gasteiger partial charge in [0.25, 0.3) is 0 Å². The average Bonchev–Trinajstić information content (AvgIpc) is 3.11. The molecule has 0 saturated carbocycles. The van der Waals surface area contributed by atoms with E-state index in [2.05, 4.69) is 9.69 Å². The molecule has 138 valence electrons. The molecule has 1 N–H and O–H groups in total. The number of nitrogens with zero attached hydrogens (tertiary/aromatic N) is 1. The molecule has 1 atom stereocenters. The van der Waals surface area contributed by atoms with E-state index in [1.54, 1.807) is 26.4 Å². The van der Waals surface area contributed by atoms with Gasteiger partial charge in [0.1, 0.15) is 11.5 Å². The van der Waals surface area contributed by atoms with Crippen LogP contribution in [0.15, 0.2) is 42.5 Å². The lowest BCUT2D eigenvalue weighted by Gasteiger charge is -2.25. The van der Waals surface area contributed by atoms with Crippen molar-refractivity contribution in [2.75, 3.05) is 19.5 Å². The van der Waals surface area contributed by atoms with Crippen LogP contribution in [0, 0.1) is 5.82 Å². The number of para-hydroxylation sites is 1. The number of halogens is 1. The topological polar surface area (TPSA) is 60.5 Å². The number of aromatic nitrogens is 1. The summed E-state index contributed by atoms with van der Waals surface area (Å²) in [5, 5.41) is 2.93. The molecule has 2 heterocycles. The maximum atomic E-state index is 13.3. The number of amides is 1. The molecule has 0 bridgehead atoms. The largest absolute Gasteiger partial charge is 0.493 e. The van der Waals surface area contributed by atoms with E-state index in [0.29, 0.717) is 29.3 Å².